The van der Waals surface area contributed by atoms with Crippen molar-refractivity contribution in [1.82, 2.24) is 15.0 Å². The first-order valence-electron chi connectivity index (χ1n) is 7.00. The van der Waals surface area contributed by atoms with Gasteiger partial charge >= 0.3 is 0 Å². The predicted octanol–water partition coefficient (Wildman–Crippen LogP) is 4.37. The van der Waals surface area contributed by atoms with Crippen molar-refractivity contribution in [3.8, 4) is 0 Å². The van der Waals surface area contributed by atoms with Crippen LogP contribution in [0.25, 0.3) is 22.1 Å². The van der Waals surface area contributed by atoms with Crippen LogP contribution in [0.5, 0.6) is 0 Å². The van der Waals surface area contributed by atoms with E-state index in [4.69, 9.17) is 9.40 Å². The Kier molecular flexibility index (Phi) is 3.27. The van der Waals surface area contributed by atoms with E-state index in [0.717, 1.165) is 33.5 Å². The number of nitrogens with zero attached hydrogens (tertiary/aromatic N) is 3. The maximum Gasteiger partial charge on any atom is 0.257 e. The van der Waals surface area contributed by atoms with E-state index >= 15 is 0 Å². The van der Waals surface area contributed by atoms with Crippen LogP contribution in [0.15, 0.2) is 58.2 Å². The van der Waals surface area contributed by atoms with Gasteiger partial charge in [0.05, 0.1) is 22.4 Å². The normalized spacial score (nSPS) is 11.3. The Bertz CT molecular complexity index is 931. The number of rotatable bonds is 3. The van der Waals surface area contributed by atoms with Gasteiger partial charge in [0.25, 0.3) is 5.22 Å². The molecule has 0 aliphatic rings. The van der Waals surface area contributed by atoms with Crippen LogP contribution in [0.2, 0.25) is 0 Å². The van der Waals surface area contributed by atoms with Crippen LogP contribution in [-0.2, 0) is 5.75 Å². The first-order valence-corrected chi connectivity index (χ1v) is 7.99. The highest BCUT2D eigenvalue weighted by molar-refractivity contribution is 7.98. The van der Waals surface area contributed by atoms with Crippen LogP contribution in [0.4, 0.5) is 0 Å². The number of aryl methyl sites for hydroxylation is 1. The number of hydrogen-bond donors (Lipinski definition) is 0. The minimum absolute atomic E-state index is 0.663. The summed E-state index contributed by atoms with van der Waals surface area (Å²) in [5.41, 5.74) is 5.45. The molecule has 0 saturated carbocycles. The van der Waals surface area contributed by atoms with Gasteiger partial charge in [0.15, 0.2) is 5.58 Å². The smallest absolute Gasteiger partial charge is 0.257 e. The van der Waals surface area contributed by atoms with Gasteiger partial charge in [-0.05, 0) is 31.2 Å². The number of fused-ring (bicyclic) bond motifs is 2. The fraction of sp³-hybridized carbons (Fsp3) is 0.118. The number of para-hydroxylation sites is 4. The molecule has 0 amide bonds. The summed E-state index contributed by atoms with van der Waals surface area (Å²) in [5.74, 6) is 0.691. The molecule has 4 aromatic rings. The quantitative estimate of drug-likeness (QED) is 0.526. The van der Waals surface area contributed by atoms with Crippen LogP contribution in [0, 0.1) is 6.92 Å². The Morgan fingerprint density at radius 1 is 0.864 bits per heavy atom. The van der Waals surface area contributed by atoms with Crippen LogP contribution in [0.1, 0.15) is 11.4 Å². The van der Waals surface area contributed by atoms with E-state index in [1.807, 2.05) is 55.5 Å². The van der Waals surface area contributed by atoms with Crippen molar-refractivity contribution < 1.29 is 4.42 Å². The molecule has 0 bridgehead atoms. The molecule has 4 rings (SSSR count). The Morgan fingerprint density at radius 2 is 1.55 bits per heavy atom. The lowest BCUT2D eigenvalue weighted by molar-refractivity contribution is 0.489. The molecule has 2 aromatic carbocycles. The van der Waals surface area contributed by atoms with Gasteiger partial charge < -0.3 is 4.42 Å². The summed E-state index contributed by atoms with van der Waals surface area (Å²) in [5, 5.41) is 0.663. The molecule has 5 heteroatoms. The largest absolute Gasteiger partial charge is 0.431 e. The summed E-state index contributed by atoms with van der Waals surface area (Å²) in [7, 11) is 0. The summed E-state index contributed by atoms with van der Waals surface area (Å²) in [6.07, 6.45) is 0. The molecule has 2 heterocycles. The van der Waals surface area contributed by atoms with Crippen molar-refractivity contribution in [1.29, 1.82) is 0 Å². The van der Waals surface area contributed by atoms with Gasteiger partial charge in [-0.1, -0.05) is 36.0 Å². The third-order valence-electron chi connectivity index (χ3n) is 3.45. The van der Waals surface area contributed by atoms with Crippen molar-refractivity contribution >= 4 is 33.9 Å². The van der Waals surface area contributed by atoms with Crippen LogP contribution in [0.3, 0.4) is 0 Å². The molecule has 22 heavy (non-hydrogen) atoms. The van der Waals surface area contributed by atoms with E-state index in [9.17, 15) is 0 Å². The van der Waals surface area contributed by atoms with E-state index in [1.165, 1.54) is 0 Å². The molecule has 0 spiro atoms. The maximum absolute atomic E-state index is 5.72. The third-order valence-corrected chi connectivity index (χ3v) is 4.29. The van der Waals surface area contributed by atoms with Gasteiger partial charge in [-0.15, -0.1) is 0 Å². The lowest BCUT2D eigenvalue weighted by atomic mass is 10.2. The Labute approximate surface area is 131 Å². The first-order chi connectivity index (χ1) is 10.8. The second kappa shape index (κ2) is 5.42. The Hall–Kier alpha value is -2.40. The highest BCUT2D eigenvalue weighted by Gasteiger charge is 2.09. The summed E-state index contributed by atoms with van der Waals surface area (Å²) in [6.45, 7) is 1.99. The lowest BCUT2D eigenvalue weighted by Crippen LogP contribution is -1.96. The van der Waals surface area contributed by atoms with E-state index in [0.29, 0.717) is 11.0 Å². The third kappa shape index (κ3) is 2.44. The number of thioether (sulfide) groups is 1. The standard InChI is InChI=1S/C17H13N3OS/c1-11-15(19-13-7-3-2-6-12(13)18-11)10-22-17-20-14-8-4-5-9-16(14)21-17/h2-9H,10H2,1H3. The van der Waals surface area contributed by atoms with Crippen molar-refractivity contribution in [2.75, 3.05) is 0 Å². The molecule has 0 fully saturated rings. The highest BCUT2D eigenvalue weighted by atomic mass is 32.2. The van der Waals surface area contributed by atoms with Gasteiger partial charge in [-0.3, -0.25) is 0 Å². The van der Waals surface area contributed by atoms with E-state index in [1.54, 1.807) is 11.8 Å². The number of benzene rings is 2. The molecule has 0 N–H and O–H groups in total. The summed E-state index contributed by atoms with van der Waals surface area (Å²) >= 11 is 1.54. The fourth-order valence-electron chi connectivity index (χ4n) is 2.30. The van der Waals surface area contributed by atoms with Crippen molar-refractivity contribution in [2.45, 2.75) is 17.9 Å². The summed E-state index contributed by atoms with van der Waals surface area (Å²) < 4.78 is 5.72. The van der Waals surface area contributed by atoms with Crippen molar-refractivity contribution in [3.05, 3.63) is 59.9 Å². The second-order valence-corrected chi connectivity index (χ2v) is 5.91. The van der Waals surface area contributed by atoms with E-state index < -0.39 is 0 Å². The van der Waals surface area contributed by atoms with Gasteiger partial charge in [0, 0.05) is 5.75 Å². The second-order valence-electron chi connectivity index (χ2n) is 4.98. The zero-order valence-corrected chi connectivity index (χ0v) is 12.8. The van der Waals surface area contributed by atoms with E-state index in [2.05, 4.69) is 9.97 Å². The van der Waals surface area contributed by atoms with Crippen LogP contribution < -0.4 is 0 Å². The molecule has 0 atom stereocenters. The molecular weight excluding hydrogens is 294 g/mol. The highest BCUT2D eigenvalue weighted by Crippen LogP contribution is 2.26. The molecule has 4 nitrogen and oxygen atoms in total. The molecular formula is C17H13N3OS. The van der Waals surface area contributed by atoms with Crippen molar-refractivity contribution in [2.24, 2.45) is 0 Å². The van der Waals surface area contributed by atoms with Gasteiger partial charge in [-0.25, -0.2) is 15.0 Å². The zero-order chi connectivity index (χ0) is 14.9. The van der Waals surface area contributed by atoms with Gasteiger partial charge in [0.2, 0.25) is 0 Å². The van der Waals surface area contributed by atoms with Crippen LogP contribution >= 0.6 is 11.8 Å². The molecule has 0 aliphatic carbocycles. The maximum atomic E-state index is 5.72. The number of oxazole rings is 1. The minimum atomic E-state index is 0.663. The summed E-state index contributed by atoms with van der Waals surface area (Å²) in [4.78, 5) is 13.8. The Balaban J connectivity index is 1.61. The van der Waals surface area contributed by atoms with E-state index in [-0.39, 0.29) is 0 Å². The summed E-state index contributed by atoms with van der Waals surface area (Å²) in [6, 6.07) is 15.7. The molecule has 0 saturated heterocycles. The number of aromatic nitrogens is 3. The molecule has 108 valence electrons. The zero-order valence-electron chi connectivity index (χ0n) is 12.0. The monoisotopic (exact) mass is 307 g/mol. The average molecular weight is 307 g/mol. The average Bonchev–Trinajstić information content (AvgIpc) is 2.95. The topological polar surface area (TPSA) is 51.8 Å². The minimum Gasteiger partial charge on any atom is -0.431 e. The molecule has 0 aliphatic heterocycles. The van der Waals surface area contributed by atoms with Gasteiger partial charge in [0.1, 0.15) is 5.52 Å². The van der Waals surface area contributed by atoms with Gasteiger partial charge in [-0.2, -0.15) is 0 Å². The molecule has 0 unspecified atom stereocenters. The molecule has 2 aromatic heterocycles. The first kappa shape index (κ1) is 13.3. The number of hydrogen-bond acceptors (Lipinski definition) is 5. The SMILES string of the molecule is Cc1nc2ccccc2nc1CSc1nc2ccccc2o1. The molecule has 0 radical (unpaired) electrons. The van der Waals surface area contributed by atoms with Crippen molar-refractivity contribution in [3.63, 3.8) is 0 Å². The van der Waals surface area contributed by atoms with Crippen LogP contribution in [-0.4, -0.2) is 15.0 Å². The fourth-order valence-corrected chi connectivity index (χ4v) is 3.15. The lowest BCUT2D eigenvalue weighted by Gasteiger charge is -2.04. The Morgan fingerprint density at radius 3 is 2.32 bits per heavy atom. The predicted molar refractivity (Wildman–Crippen MR) is 87.8 cm³/mol.